The molecule has 3 N–H and O–H groups in total. The van der Waals surface area contributed by atoms with Crippen molar-refractivity contribution in [2.75, 3.05) is 6.54 Å². The minimum absolute atomic E-state index is 0.0712. The lowest BCUT2D eigenvalue weighted by atomic mass is 9.93. The van der Waals surface area contributed by atoms with Gasteiger partial charge >= 0.3 is 0 Å². The smallest absolute Gasteiger partial charge is 0.159 e. The second-order valence-electron chi connectivity index (χ2n) is 5.15. The quantitative estimate of drug-likeness (QED) is 0.743. The first kappa shape index (κ1) is 16.0. The Morgan fingerprint density at radius 2 is 1.74 bits per heavy atom. The van der Waals surface area contributed by atoms with Crippen LogP contribution >= 0.6 is 0 Å². The SMILES string of the molecule is CC(O)CNC(C(C)C)C(O)c1ccc(F)c(F)c1. The third-order valence-electron chi connectivity index (χ3n) is 2.99. The molecule has 0 heterocycles. The predicted octanol–water partition coefficient (Wildman–Crippen LogP) is 1.99. The van der Waals surface area contributed by atoms with Gasteiger partial charge in [-0.3, -0.25) is 0 Å². The Kier molecular flexibility index (Phi) is 5.85. The molecule has 0 amide bonds. The molecular formula is C14H21F2NO2. The third-order valence-corrected chi connectivity index (χ3v) is 2.99. The number of hydrogen-bond donors (Lipinski definition) is 3. The number of aliphatic hydroxyl groups is 2. The fourth-order valence-electron chi connectivity index (χ4n) is 1.92. The van der Waals surface area contributed by atoms with E-state index in [0.717, 1.165) is 12.1 Å². The van der Waals surface area contributed by atoms with Crippen LogP contribution in [0.15, 0.2) is 18.2 Å². The van der Waals surface area contributed by atoms with Crippen molar-refractivity contribution in [1.29, 1.82) is 0 Å². The maximum Gasteiger partial charge on any atom is 0.159 e. The number of nitrogens with one attached hydrogen (secondary N) is 1. The molecule has 3 nitrogen and oxygen atoms in total. The largest absolute Gasteiger partial charge is 0.392 e. The summed E-state index contributed by atoms with van der Waals surface area (Å²) in [5, 5.41) is 22.5. The van der Waals surface area contributed by atoms with Gasteiger partial charge in [0.15, 0.2) is 11.6 Å². The van der Waals surface area contributed by atoms with Crippen molar-refractivity contribution < 1.29 is 19.0 Å². The summed E-state index contributed by atoms with van der Waals surface area (Å²) < 4.78 is 26.0. The van der Waals surface area contributed by atoms with E-state index in [-0.39, 0.29) is 12.0 Å². The molecule has 0 spiro atoms. The van der Waals surface area contributed by atoms with Crippen LogP contribution in [0.5, 0.6) is 0 Å². The van der Waals surface area contributed by atoms with E-state index >= 15 is 0 Å². The monoisotopic (exact) mass is 273 g/mol. The molecule has 19 heavy (non-hydrogen) atoms. The highest BCUT2D eigenvalue weighted by Crippen LogP contribution is 2.23. The second kappa shape index (κ2) is 6.93. The summed E-state index contributed by atoms with van der Waals surface area (Å²) in [5.74, 6) is -1.84. The molecule has 3 unspecified atom stereocenters. The third kappa shape index (κ3) is 4.53. The molecule has 0 saturated heterocycles. The molecule has 0 aliphatic heterocycles. The fraction of sp³-hybridized carbons (Fsp3) is 0.571. The van der Waals surface area contributed by atoms with Crippen LogP contribution < -0.4 is 5.32 Å². The van der Waals surface area contributed by atoms with Gasteiger partial charge in [-0.2, -0.15) is 0 Å². The van der Waals surface area contributed by atoms with Gasteiger partial charge < -0.3 is 15.5 Å². The van der Waals surface area contributed by atoms with Gasteiger partial charge in [-0.05, 0) is 30.5 Å². The van der Waals surface area contributed by atoms with E-state index in [9.17, 15) is 19.0 Å². The van der Waals surface area contributed by atoms with Gasteiger partial charge in [0.1, 0.15) is 0 Å². The van der Waals surface area contributed by atoms with Gasteiger partial charge in [-0.25, -0.2) is 8.78 Å². The molecule has 0 radical (unpaired) electrons. The molecule has 0 bridgehead atoms. The summed E-state index contributed by atoms with van der Waals surface area (Å²) in [6.45, 7) is 5.77. The van der Waals surface area contributed by atoms with Gasteiger partial charge in [0.05, 0.1) is 12.2 Å². The normalized spacial score (nSPS) is 16.4. The van der Waals surface area contributed by atoms with Gasteiger partial charge in [-0.1, -0.05) is 19.9 Å². The number of hydrogen-bond acceptors (Lipinski definition) is 3. The summed E-state index contributed by atoms with van der Waals surface area (Å²) >= 11 is 0. The first-order valence-corrected chi connectivity index (χ1v) is 6.37. The molecule has 108 valence electrons. The highest BCUT2D eigenvalue weighted by atomic mass is 19.2. The van der Waals surface area contributed by atoms with Crippen LogP contribution in [0.25, 0.3) is 0 Å². The van der Waals surface area contributed by atoms with Crippen LogP contribution in [0, 0.1) is 17.6 Å². The Hall–Kier alpha value is -1.04. The van der Waals surface area contributed by atoms with Crippen molar-refractivity contribution in [2.45, 2.75) is 39.0 Å². The molecule has 0 aromatic heterocycles. The zero-order chi connectivity index (χ0) is 14.6. The summed E-state index contributed by atoms with van der Waals surface area (Å²) in [5.41, 5.74) is 0.315. The van der Waals surface area contributed by atoms with E-state index in [2.05, 4.69) is 5.32 Å². The van der Waals surface area contributed by atoms with Crippen molar-refractivity contribution in [3.8, 4) is 0 Å². The maximum atomic E-state index is 13.2. The Labute approximate surface area is 112 Å². The van der Waals surface area contributed by atoms with Crippen LogP contribution in [0.3, 0.4) is 0 Å². The van der Waals surface area contributed by atoms with Crippen molar-refractivity contribution in [3.05, 3.63) is 35.4 Å². The summed E-state index contributed by atoms with van der Waals surface area (Å²) in [6.07, 6.45) is -1.51. The van der Waals surface area contributed by atoms with Crippen molar-refractivity contribution in [3.63, 3.8) is 0 Å². The van der Waals surface area contributed by atoms with Crippen molar-refractivity contribution in [1.82, 2.24) is 5.32 Å². The number of rotatable bonds is 6. The van der Waals surface area contributed by atoms with Crippen LogP contribution in [-0.4, -0.2) is 28.9 Å². The summed E-state index contributed by atoms with van der Waals surface area (Å²) in [6, 6.07) is 3.02. The van der Waals surface area contributed by atoms with Crippen LogP contribution in [0.4, 0.5) is 8.78 Å². The molecule has 0 fully saturated rings. The molecule has 1 rings (SSSR count). The van der Waals surface area contributed by atoms with E-state index in [4.69, 9.17) is 0 Å². The van der Waals surface area contributed by atoms with E-state index in [1.165, 1.54) is 6.07 Å². The number of halogens is 2. The lowest BCUT2D eigenvalue weighted by Gasteiger charge is -2.28. The zero-order valence-corrected chi connectivity index (χ0v) is 11.4. The van der Waals surface area contributed by atoms with Gasteiger partial charge in [-0.15, -0.1) is 0 Å². The van der Waals surface area contributed by atoms with Crippen molar-refractivity contribution in [2.24, 2.45) is 5.92 Å². The molecule has 0 aliphatic carbocycles. The zero-order valence-electron chi connectivity index (χ0n) is 11.4. The van der Waals surface area contributed by atoms with E-state index < -0.39 is 23.8 Å². The Morgan fingerprint density at radius 1 is 1.11 bits per heavy atom. The summed E-state index contributed by atoms with van der Waals surface area (Å²) in [7, 11) is 0. The molecular weight excluding hydrogens is 252 g/mol. The lowest BCUT2D eigenvalue weighted by molar-refractivity contribution is 0.0927. The van der Waals surface area contributed by atoms with Crippen LogP contribution in [0.1, 0.15) is 32.4 Å². The van der Waals surface area contributed by atoms with E-state index in [1.807, 2.05) is 13.8 Å². The Bertz CT molecular complexity index is 410. The fourth-order valence-corrected chi connectivity index (χ4v) is 1.92. The van der Waals surface area contributed by atoms with Crippen molar-refractivity contribution >= 4 is 0 Å². The standard InChI is InChI=1S/C14H21F2NO2/c1-8(2)13(17-7-9(3)18)14(19)10-4-5-11(15)12(16)6-10/h4-6,8-9,13-14,17-19H,7H2,1-3H3. The molecule has 0 aliphatic rings. The van der Waals surface area contributed by atoms with E-state index in [0.29, 0.717) is 12.1 Å². The molecule has 1 aromatic carbocycles. The average Bonchev–Trinajstić information content (AvgIpc) is 2.31. The topological polar surface area (TPSA) is 52.5 Å². The summed E-state index contributed by atoms with van der Waals surface area (Å²) in [4.78, 5) is 0. The first-order valence-electron chi connectivity index (χ1n) is 6.37. The molecule has 5 heteroatoms. The average molecular weight is 273 g/mol. The van der Waals surface area contributed by atoms with Gasteiger partial charge in [0.25, 0.3) is 0 Å². The molecule has 3 atom stereocenters. The predicted molar refractivity (Wildman–Crippen MR) is 69.6 cm³/mol. The van der Waals surface area contributed by atoms with Crippen LogP contribution in [0.2, 0.25) is 0 Å². The minimum Gasteiger partial charge on any atom is -0.392 e. The Balaban J connectivity index is 2.85. The minimum atomic E-state index is -0.977. The second-order valence-corrected chi connectivity index (χ2v) is 5.15. The number of benzene rings is 1. The number of aliphatic hydroxyl groups excluding tert-OH is 2. The van der Waals surface area contributed by atoms with Gasteiger partial charge in [0, 0.05) is 12.6 Å². The lowest BCUT2D eigenvalue weighted by Crippen LogP contribution is -2.42. The Morgan fingerprint density at radius 3 is 2.21 bits per heavy atom. The van der Waals surface area contributed by atoms with Gasteiger partial charge in [0.2, 0.25) is 0 Å². The highest BCUT2D eigenvalue weighted by Gasteiger charge is 2.24. The highest BCUT2D eigenvalue weighted by molar-refractivity contribution is 5.21. The first-order chi connectivity index (χ1) is 8.82. The maximum absolute atomic E-state index is 13.2. The molecule has 0 saturated carbocycles. The van der Waals surface area contributed by atoms with E-state index in [1.54, 1.807) is 6.92 Å². The van der Waals surface area contributed by atoms with Crippen LogP contribution in [-0.2, 0) is 0 Å². The molecule has 1 aromatic rings.